The molecule has 2 aromatic rings. The van der Waals surface area contributed by atoms with Gasteiger partial charge in [-0.25, -0.2) is 4.39 Å². The maximum Gasteiger partial charge on any atom is 0.127 e. The monoisotopic (exact) mass is 366 g/mol. The summed E-state index contributed by atoms with van der Waals surface area (Å²) in [5.74, 6) is 0.136. The van der Waals surface area contributed by atoms with Crippen molar-refractivity contribution in [3.63, 3.8) is 0 Å². The molecule has 0 spiro atoms. The Labute approximate surface area is 138 Å². The number of fused-ring (bicyclic) bond motifs is 1. The summed E-state index contributed by atoms with van der Waals surface area (Å²) in [5, 5.41) is -0.0354. The minimum Gasteiger partial charge on any atom is -0.207 e. The molecular weight excluding hydrogens is 351 g/mol. The van der Waals surface area contributed by atoms with Crippen LogP contribution in [0.2, 0.25) is 0 Å². The molecule has 0 aliphatic heterocycles. The number of benzene rings is 2. The van der Waals surface area contributed by atoms with Crippen molar-refractivity contribution in [2.75, 3.05) is 0 Å². The van der Waals surface area contributed by atoms with Crippen LogP contribution in [0.25, 0.3) is 0 Å². The van der Waals surface area contributed by atoms with Crippen LogP contribution in [0.5, 0.6) is 0 Å². The summed E-state index contributed by atoms with van der Waals surface area (Å²) in [6.07, 6.45) is 3.92. The quantitative estimate of drug-likeness (QED) is 0.447. The van der Waals surface area contributed by atoms with Gasteiger partial charge < -0.3 is 0 Å². The first-order valence-corrected chi connectivity index (χ1v) is 8.54. The van der Waals surface area contributed by atoms with Crippen molar-refractivity contribution in [3.05, 3.63) is 69.4 Å². The molecule has 0 fully saturated rings. The van der Waals surface area contributed by atoms with Crippen LogP contribution in [0.1, 0.15) is 34.9 Å². The van der Waals surface area contributed by atoms with E-state index in [-0.39, 0.29) is 17.1 Å². The van der Waals surface area contributed by atoms with Gasteiger partial charge in [0.05, 0.1) is 5.38 Å². The SMILES string of the molecule is Fc1cc(Br)ccc1CC1CCCc2ccccc2C1Cl. The van der Waals surface area contributed by atoms with Gasteiger partial charge in [0.1, 0.15) is 5.82 Å². The normalized spacial score (nSPS) is 21.7. The molecule has 0 amide bonds. The molecule has 21 heavy (non-hydrogen) atoms. The van der Waals surface area contributed by atoms with Crippen LogP contribution in [0.3, 0.4) is 0 Å². The average Bonchev–Trinajstić information content (AvgIpc) is 2.63. The molecule has 0 nitrogen and oxygen atoms in total. The van der Waals surface area contributed by atoms with E-state index >= 15 is 0 Å². The van der Waals surface area contributed by atoms with E-state index in [1.807, 2.05) is 18.2 Å². The van der Waals surface area contributed by atoms with Gasteiger partial charge in [-0.3, -0.25) is 0 Å². The highest BCUT2D eigenvalue weighted by molar-refractivity contribution is 9.10. The van der Waals surface area contributed by atoms with E-state index in [0.717, 1.165) is 29.3 Å². The second-order valence-electron chi connectivity index (χ2n) is 5.69. The predicted octanol–water partition coefficient (Wildman–Crippen LogP) is 6.06. The van der Waals surface area contributed by atoms with Crippen molar-refractivity contribution < 1.29 is 4.39 Å². The first-order chi connectivity index (χ1) is 10.1. The molecule has 0 saturated heterocycles. The molecule has 0 radical (unpaired) electrons. The number of hydrogen-bond donors (Lipinski definition) is 0. The molecular formula is C18H17BrClF. The Hall–Kier alpha value is -0.860. The van der Waals surface area contributed by atoms with Crippen LogP contribution in [0, 0.1) is 11.7 Å². The van der Waals surface area contributed by atoms with Crippen molar-refractivity contribution >= 4 is 27.5 Å². The maximum atomic E-state index is 14.1. The zero-order chi connectivity index (χ0) is 14.8. The van der Waals surface area contributed by atoms with Gasteiger partial charge in [0, 0.05) is 4.47 Å². The van der Waals surface area contributed by atoms with Gasteiger partial charge in [0.2, 0.25) is 0 Å². The summed E-state index contributed by atoms with van der Waals surface area (Å²) in [6, 6.07) is 13.7. The zero-order valence-electron chi connectivity index (χ0n) is 11.7. The minimum atomic E-state index is -0.147. The second-order valence-corrected chi connectivity index (χ2v) is 7.08. The predicted molar refractivity (Wildman–Crippen MR) is 89.3 cm³/mol. The van der Waals surface area contributed by atoms with Gasteiger partial charge in [0.15, 0.2) is 0 Å². The molecule has 110 valence electrons. The highest BCUT2D eigenvalue weighted by Crippen LogP contribution is 2.39. The molecule has 0 bridgehead atoms. The summed E-state index contributed by atoms with van der Waals surface area (Å²) in [4.78, 5) is 0. The van der Waals surface area contributed by atoms with Crippen molar-refractivity contribution in [3.8, 4) is 0 Å². The molecule has 1 aliphatic carbocycles. The smallest absolute Gasteiger partial charge is 0.127 e. The van der Waals surface area contributed by atoms with Crippen LogP contribution in [-0.4, -0.2) is 0 Å². The van der Waals surface area contributed by atoms with E-state index < -0.39 is 0 Å². The van der Waals surface area contributed by atoms with Gasteiger partial charge in [-0.2, -0.15) is 0 Å². The Bertz CT molecular complexity index is 641. The fourth-order valence-corrected chi connectivity index (χ4v) is 3.92. The molecule has 2 aromatic carbocycles. The van der Waals surface area contributed by atoms with Crippen molar-refractivity contribution in [1.29, 1.82) is 0 Å². The molecule has 3 rings (SSSR count). The van der Waals surface area contributed by atoms with Gasteiger partial charge in [-0.15, -0.1) is 11.6 Å². The van der Waals surface area contributed by atoms with Crippen LogP contribution >= 0.6 is 27.5 Å². The number of aryl methyl sites for hydroxylation is 1. The lowest BCUT2D eigenvalue weighted by molar-refractivity contribution is 0.454. The zero-order valence-corrected chi connectivity index (χ0v) is 14.0. The molecule has 2 unspecified atom stereocenters. The fraction of sp³-hybridized carbons (Fsp3) is 0.333. The molecule has 0 N–H and O–H groups in total. The fourth-order valence-electron chi connectivity index (χ4n) is 3.16. The van der Waals surface area contributed by atoms with E-state index in [1.165, 1.54) is 17.2 Å². The van der Waals surface area contributed by atoms with Crippen LogP contribution in [0.15, 0.2) is 46.9 Å². The third-order valence-corrected chi connectivity index (χ3v) is 5.37. The van der Waals surface area contributed by atoms with E-state index in [1.54, 1.807) is 0 Å². The van der Waals surface area contributed by atoms with Gasteiger partial charge in [0.25, 0.3) is 0 Å². The Kier molecular flexibility index (Phi) is 4.66. The second kappa shape index (κ2) is 6.50. The summed E-state index contributed by atoms with van der Waals surface area (Å²) in [7, 11) is 0. The first kappa shape index (κ1) is 15.1. The molecule has 0 saturated carbocycles. The van der Waals surface area contributed by atoms with Crippen LogP contribution in [0.4, 0.5) is 4.39 Å². The maximum absolute atomic E-state index is 14.1. The Morgan fingerprint density at radius 1 is 1.19 bits per heavy atom. The molecule has 0 heterocycles. The van der Waals surface area contributed by atoms with Crippen LogP contribution < -0.4 is 0 Å². The highest BCUT2D eigenvalue weighted by atomic mass is 79.9. The molecule has 0 aromatic heterocycles. The largest absolute Gasteiger partial charge is 0.207 e. The summed E-state index contributed by atoms with van der Waals surface area (Å²) >= 11 is 10.0. The summed E-state index contributed by atoms with van der Waals surface area (Å²) in [6.45, 7) is 0. The first-order valence-electron chi connectivity index (χ1n) is 7.31. The number of alkyl halides is 1. The Morgan fingerprint density at radius 2 is 2.00 bits per heavy atom. The van der Waals surface area contributed by atoms with Crippen molar-refractivity contribution in [2.45, 2.75) is 31.1 Å². The summed E-state index contributed by atoms with van der Waals surface area (Å²) < 4.78 is 14.8. The molecule has 1 aliphatic rings. The topological polar surface area (TPSA) is 0 Å². The van der Waals surface area contributed by atoms with Crippen molar-refractivity contribution in [1.82, 2.24) is 0 Å². The lowest BCUT2D eigenvalue weighted by atomic mass is 9.90. The van der Waals surface area contributed by atoms with E-state index in [0.29, 0.717) is 6.42 Å². The highest BCUT2D eigenvalue weighted by Gasteiger charge is 2.26. The average molecular weight is 368 g/mol. The van der Waals surface area contributed by atoms with Gasteiger partial charge in [-0.1, -0.05) is 46.3 Å². The minimum absolute atomic E-state index is 0.0354. The third kappa shape index (κ3) is 3.32. The van der Waals surface area contributed by atoms with E-state index in [9.17, 15) is 4.39 Å². The van der Waals surface area contributed by atoms with Crippen LogP contribution in [-0.2, 0) is 12.8 Å². The number of hydrogen-bond acceptors (Lipinski definition) is 0. The Balaban J connectivity index is 1.86. The third-order valence-electron chi connectivity index (χ3n) is 4.28. The number of halogens is 3. The molecule has 2 atom stereocenters. The number of rotatable bonds is 2. The van der Waals surface area contributed by atoms with E-state index in [2.05, 4.69) is 34.1 Å². The Morgan fingerprint density at radius 3 is 2.81 bits per heavy atom. The standard InChI is InChI=1S/C18H17BrClF/c19-15-9-8-13(17(21)11-15)10-14-6-3-5-12-4-1-2-7-16(12)18(14)20/h1-2,4,7-9,11,14,18H,3,5-6,10H2. The van der Waals surface area contributed by atoms with Gasteiger partial charge in [-0.05, 0) is 60.4 Å². The molecule has 3 heteroatoms. The van der Waals surface area contributed by atoms with E-state index in [4.69, 9.17) is 11.6 Å². The van der Waals surface area contributed by atoms with Crippen molar-refractivity contribution in [2.24, 2.45) is 5.92 Å². The lowest BCUT2D eigenvalue weighted by Crippen LogP contribution is -2.11. The van der Waals surface area contributed by atoms with Gasteiger partial charge >= 0.3 is 0 Å². The lowest BCUT2D eigenvalue weighted by Gasteiger charge is -2.21. The summed E-state index contributed by atoms with van der Waals surface area (Å²) in [5.41, 5.74) is 3.32.